The molecule has 0 radical (unpaired) electrons. The van der Waals surface area contributed by atoms with Gasteiger partial charge in [0.2, 0.25) is 11.8 Å². The minimum absolute atomic E-state index is 0.251. The molecule has 16 heavy (non-hydrogen) atoms. The Morgan fingerprint density at radius 2 is 2.25 bits per heavy atom. The molecule has 2 aromatic heterocycles. The van der Waals surface area contributed by atoms with Gasteiger partial charge in [0.05, 0.1) is 5.52 Å². The van der Waals surface area contributed by atoms with E-state index < -0.39 is 6.03 Å². The number of hydrogen-bond acceptors (Lipinski definition) is 3. The lowest BCUT2D eigenvalue weighted by molar-refractivity contribution is -0.120. The lowest BCUT2D eigenvalue weighted by atomic mass is 10.3. The van der Waals surface area contributed by atoms with Gasteiger partial charge in [-0.3, -0.25) is 15.0 Å². The number of aromatic nitrogens is 1. The van der Waals surface area contributed by atoms with Crippen LogP contribution in [0.2, 0.25) is 0 Å². The first kappa shape index (κ1) is 9.02. The fourth-order valence-corrected chi connectivity index (χ4v) is 1.73. The first-order valence-electron chi connectivity index (χ1n) is 4.93. The van der Waals surface area contributed by atoms with Crippen molar-refractivity contribution in [2.75, 3.05) is 11.4 Å². The van der Waals surface area contributed by atoms with Crippen LogP contribution in [-0.4, -0.2) is 23.1 Å². The van der Waals surface area contributed by atoms with E-state index in [0.717, 1.165) is 5.52 Å². The number of anilines is 1. The summed E-state index contributed by atoms with van der Waals surface area (Å²) in [4.78, 5) is 23.9. The van der Waals surface area contributed by atoms with Crippen molar-refractivity contribution < 1.29 is 14.1 Å². The standard InChI is InChI=1S/C10H9N3O3/c14-8-3-5-12(10(15)11-8)9-6-7-2-1-4-13(7)16-9/h1-2,4,6H,3,5H2,(H,11,14,15). The molecule has 6 heteroatoms. The Labute approximate surface area is 90.4 Å². The first-order valence-corrected chi connectivity index (χ1v) is 4.93. The summed E-state index contributed by atoms with van der Waals surface area (Å²) in [5.74, 6) is 0.194. The molecule has 0 spiro atoms. The highest BCUT2D eigenvalue weighted by atomic mass is 16.5. The number of imide groups is 1. The van der Waals surface area contributed by atoms with Crippen LogP contribution in [0.3, 0.4) is 0 Å². The molecule has 0 bridgehead atoms. The van der Waals surface area contributed by atoms with Crippen molar-refractivity contribution in [2.24, 2.45) is 0 Å². The van der Waals surface area contributed by atoms with E-state index in [1.165, 1.54) is 4.90 Å². The lowest BCUT2D eigenvalue weighted by Gasteiger charge is -2.23. The van der Waals surface area contributed by atoms with Gasteiger partial charge < -0.3 is 4.52 Å². The van der Waals surface area contributed by atoms with Gasteiger partial charge in [0, 0.05) is 25.2 Å². The van der Waals surface area contributed by atoms with Crippen LogP contribution in [0.5, 0.6) is 0 Å². The molecular formula is C10H9N3O3. The highest BCUT2D eigenvalue weighted by molar-refractivity contribution is 6.05. The van der Waals surface area contributed by atoms with Crippen LogP contribution in [-0.2, 0) is 4.79 Å². The van der Waals surface area contributed by atoms with Gasteiger partial charge in [-0.05, 0) is 12.1 Å². The molecule has 0 saturated carbocycles. The van der Waals surface area contributed by atoms with Gasteiger partial charge in [-0.25, -0.2) is 4.79 Å². The first-order chi connectivity index (χ1) is 7.74. The predicted octanol–water partition coefficient (Wildman–Crippen LogP) is 0.979. The molecule has 3 amide bonds. The Kier molecular flexibility index (Phi) is 1.76. The van der Waals surface area contributed by atoms with Gasteiger partial charge in [0.15, 0.2) is 0 Å². The van der Waals surface area contributed by atoms with Gasteiger partial charge in [-0.15, -0.1) is 0 Å². The molecule has 3 heterocycles. The number of carbonyl (C=O) groups is 2. The molecule has 82 valence electrons. The maximum atomic E-state index is 11.5. The molecule has 1 aliphatic rings. The van der Waals surface area contributed by atoms with Crippen LogP contribution in [0.15, 0.2) is 28.9 Å². The number of fused-ring (bicyclic) bond motifs is 1. The molecule has 6 nitrogen and oxygen atoms in total. The summed E-state index contributed by atoms with van der Waals surface area (Å²) in [6.45, 7) is 0.349. The molecule has 0 atom stereocenters. The van der Waals surface area contributed by atoms with E-state index in [4.69, 9.17) is 4.52 Å². The highest BCUT2D eigenvalue weighted by Gasteiger charge is 2.26. The number of hydrogen-bond donors (Lipinski definition) is 1. The maximum Gasteiger partial charge on any atom is 0.330 e. The van der Waals surface area contributed by atoms with Crippen molar-refractivity contribution in [3.05, 3.63) is 24.4 Å². The molecule has 1 N–H and O–H groups in total. The van der Waals surface area contributed by atoms with Crippen molar-refractivity contribution in [3.63, 3.8) is 0 Å². The Bertz CT molecular complexity index is 540. The summed E-state index contributed by atoms with van der Waals surface area (Å²) in [7, 11) is 0. The second-order valence-corrected chi connectivity index (χ2v) is 3.59. The van der Waals surface area contributed by atoms with Crippen molar-refractivity contribution >= 4 is 23.3 Å². The van der Waals surface area contributed by atoms with Gasteiger partial charge in [-0.1, -0.05) is 0 Å². The Morgan fingerprint density at radius 1 is 1.38 bits per heavy atom. The molecule has 1 fully saturated rings. The van der Waals surface area contributed by atoms with E-state index in [0.29, 0.717) is 18.8 Å². The summed E-state index contributed by atoms with van der Waals surface area (Å²) in [6.07, 6.45) is 2.05. The van der Waals surface area contributed by atoms with Crippen molar-refractivity contribution in [3.8, 4) is 0 Å². The van der Waals surface area contributed by atoms with Crippen molar-refractivity contribution in [1.82, 2.24) is 9.89 Å². The maximum absolute atomic E-state index is 11.5. The smallest absolute Gasteiger partial charge is 0.330 e. The molecule has 0 unspecified atom stereocenters. The van der Waals surface area contributed by atoms with E-state index >= 15 is 0 Å². The fourth-order valence-electron chi connectivity index (χ4n) is 1.73. The number of urea groups is 1. The number of carbonyl (C=O) groups excluding carboxylic acids is 2. The lowest BCUT2D eigenvalue weighted by Crippen LogP contribution is -2.49. The van der Waals surface area contributed by atoms with Crippen LogP contribution in [0.1, 0.15) is 6.42 Å². The van der Waals surface area contributed by atoms with Crippen LogP contribution in [0, 0.1) is 0 Å². The third-order valence-corrected chi connectivity index (χ3v) is 2.53. The molecule has 0 aromatic carbocycles. The topological polar surface area (TPSA) is 67.0 Å². The van der Waals surface area contributed by atoms with Crippen molar-refractivity contribution in [2.45, 2.75) is 6.42 Å². The highest BCUT2D eigenvalue weighted by Crippen LogP contribution is 2.21. The summed E-state index contributed by atoms with van der Waals surface area (Å²) in [6, 6.07) is 5.05. The molecule has 2 aromatic rings. The van der Waals surface area contributed by atoms with Crippen LogP contribution in [0.25, 0.3) is 5.52 Å². The van der Waals surface area contributed by atoms with Gasteiger partial charge >= 0.3 is 6.03 Å². The van der Waals surface area contributed by atoms with Gasteiger partial charge in [0.25, 0.3) is 0 Å². The largest absolute Gasteiger partial charge is 0.356 e. The van der Waals surface area contributed by atoms with E-state index in [1.54, 1.807) is 16.8 Å². The SMILES string of the molecule is O=C1CCN(c2cc3cccn3o2)C(=O)N1. The third-order valence-electron chi connectivity index (χ3n) is 2.53. The molecule has 0 aliphatic carbocycles. The second-order valence-electron chi connectivity index (χ2n) is 3.59. The molecule has 3 rings (SSSR count). The number of nitrogens with one attached hydrogen (secondary N) is 1. The second kappa shape index (κ2) is 3.13. The molecule has 1 aliphatic heterocycles. The van der Waals surface area contributed by atoms with Crippen LogP contribution in [0.4, 0.5) is 10.7 Å². The fraction of sp³-hybridized carbons (Fsp3) is 0.200. The zero-order valence-corrected chi connectivity index (χ0v) is 8.34. The summed E-state index contributed by atoms with van der Waals surface area (Å²) in [5.41, 5.74) is 0.875. The zero-order chi connectivity index (χ0) is 11.1. The Balaban J connectivity index is 1.95. The van der Waals surface area contributed by atoms with Gasteiger partial charge in [0.1, 0.15) is 0 Å². The quantitative estimate of drug-likeness (QED) is 0.777. The van der Waals surface area contributed by atoms with Crippen molar-refractivity contribution in [1.29, 1.82) is 0 Å². The third kappa shape index (κ3) is 1.27. The van der Waals surface area contributed by atoms with Crippen LogP contribution >= 0.6 is 0 Å². The summed E-state index contributed by atoms with van der Waals surface area (Å²) < 4.78 is 6.99. The number of amides is 3. The van der Waals surface area contributed by atoms with E-state index in [9.17, 15) is 9.59 Å². The minimum Gasteiger partial charge on any atom is -0.356 e. The van der Waals surface area contributed by atoms with E-state index in [1.807, 2.05) is 12.1 Å². The predicted molar refractivity (Wildman–Crippen MR) is 55.2 cm³/mol. The summed E-state index contributed by atoms with van der Waals surface area (Å²) >= 11 is 0. The Morgan fingerprint density at radius 3 is 3.00 bits per heavy atom. The normalized spacial score (nSPS) is 16.9. The minimum atomic E-state index is -0.437. The Hall–Kier alpha value is -2.24. The average Bonchev–Trinajstić information content (AvgIpc) is 2.76. The number of nitrogens with zero attached hydrogens (tertiary/aromatic N) is 2. The zero-order valence-electron chi connectivity index (χ0n) is 8.34. The van der Waals surface area contributed by atoms with E-state index in [2.05, 4.69) is 5.32 Å². The van der Waals surface area contributed by atoms with E-state index in [-0.39, 0.29) is 5.91 Å². The van der Waals surface area contributed by atoms with Crippen LogP contribution < -0.4 is 10.2 Å². The monoisotopic (exact) mass is 219 g/mol. The molecule has 1 saturated heterocycles. The number of rotatable bonds is 1. The molecular weight excluding hydrogens is 210 g/mol. The average molecular weight is 219 g/mol. The summed E-state index contributed by atoms with van der Waals surface area (Å²) in [5, 5.41) is 2.24. The van der Waals surface area contributed by atoms with Gasteiger partial charge in [-0.2, -0.15) is 4.57 Å².